The summed E-state index contributed by atoms with van der Waals surface area (Å²) in [6.45, 7) is 6.47. The third-order valence-corrected chi connectivity index (χ3v) is 7.46. The number of hydrogen-bond donors (Lipinski definition) is 2. The average Bonchev–Trinajstić information content (AvgIpc) is 3.19. The van der Waals surface area contributed by atoms with Crippen LogP contribution in [0.5, 0.6) is 0 Å². The number of carbonyl (C=O) groups is 1. The Morgan fingerprint density at radius 3 is 2.19 bits per heavy atom. The molecule has 9 nitrogen and oxygen atoms in total. The van der Waals surface area contributed by atoms with Crippen LogP contribution in [0.25, 0.3) is 0 Å². The molecule has 2 heterocycles. The molecule has 0 aliphatic carbocycles. The fourth-order valence-electron chi connectivity index (χ4n) is 5.25. The number of aliphatic hydroxyl groups is 1. The largest absolute Gasteiger partial charge is 0.391 e. The smallest absolute Gasteiger partial charge is 0.329 e. The summed E-state index contributed by atoms with van der Waals surface area (Å²) in [5.74, 6) is 0.774. The van der Waals surface area contributed by atoms with Gasteiger partial charge in [-0.15, -0.1) is 0 Å². The molecule has 0 saturated carbocycles. The van der Waals surface area contributed by atoms with Crippen molar-refractivity contribution in [3.63, 3.8) is 0 Å². The van der Waals surface area contributed by atoms with Crippen molar-refractivity contribution in [1.29, 1.82) is 0 Å². The molecule has 37 heavy (non-hydrogen) atoms. The van der Waals surface area contributed by atoms with Crippen LogP contribution in [-0.4, -0.2) is 64.9 Å². The van der Waals surface area contributed by atoms with Crippen LogP contribution in [0.1, 0.15) is 104 Å². The Balaban J connectivity index is 1.54. The highest BCUT2D eigenvalue weighted by Gasteiger charge is 2.29. The number of nitrogens with one attached hydrogen (secondary N) is 1. The first-order valence-electron chi connectivity index (χ1n) is 14.5. The van der Waals surface area contributed by atoms with Gasteiger partial charge in [-0.05, 0) is 19.3 Å². The van der Waals surface area contributed by atoms with Gasteiger partial charge in [0.05, 0.1) is 12.8 Å². The van der Waals surface area contributed by atoms with Crippen LogP contribution in [0.4, 0.5) is 11.5 Å². The number of hydrogen-bond acceptors (Lipinski definition) is 6. The summed E-state index contributed by atoms with van der Waals surface area (Å²) < 4.78 is 1.53. The van der Waals surface area contributed by atoms with Crippen molar-refractivity contribution in [3.8, 4) is 0 Å². The quantitative estimate of drug-likeness (QED) is 0.267. The van der Waals surface area contributed by atoms with Crippen molar-refractivity contribution in [2.24, 2.45) is 7.05 Å². The van der Waals surface area contributed by atoms with E-state index in [4.69, 9.17) is 0 Å². The highest BCUT2D eigenvalue weighted by molar-refractivity contribution is 5.73. The standard InChI is InChI=1S/C28H51N5O4/c1-5-6-7-8-13-16-19-32(23(2)34)21-24(35)18-15-12-10-9-11-14-17-20-33-22-30(3)25-26(36)29-28(37)31(4)27(25)33/h24,35H,5-22H2,1-4H3,(H,29,36,37). The molecule has 1 atom stereocenters. The van der Waals surface area contributed by atoms with E-state index in [0.717, 1.165) is 70.9 Å². The van der Waals surface area contributed by atoms with Crippen LogP contribution < -0.4 is 21.0 Å². The van der Waals surface area contributed by atoms with Gasteiger partial charge >= 0.3 is 5.69 Å². The van der Waals surface area contributed by atoms with Crippen LogP contribution in [0.2, 0.25) is 0 Å². The van der Waals surface area contributed by atoms with Crippen molar-refractivity contribution >= 4 is 17.4 Å². The van der Waals surface area contributed by atoms with Crippen molar-refractivity contribution in [2.45, 2.75) is 110 Å². The fraction of sp³-hybridized carbons (Fsp3) is 0.821. The number of aromatic amines is 1. The predicted octanol–water partition coefficient (Wildman–Crippen LogP) is 3.98. The first kappa shape index (κ1) is 30.9. The normalized spacial score (nSPS) is 13.8. The Kier molecular flexibility index (Phi) is 13.8. The van der Waals surface area contributed by atoms with Crippen molar-refractivity contribution in [3.05, 3.63) is 20.8 Å². The molecule has 1 unspecified atom stereocenters. The molecule has 2 N–H and O–H groups in total. The second-order valence-corrected chi connectivity index (χ2v) is 10.7. The van der Waals surface area contributed by atoms with Gasteiger partial charge in [-0.2, -0.15) is 0 Å². The lowest BCUT2D eigenvalue weighted by atomic mass is 10.1. The van der Waals surface area contributed by atoms with Gasteiger partial charge in [0.1, 0.15) is 11.5 Å². The van der Waals surface area contributed by atoms with Crippen molar-refractivity contribution in [1.82, 2.24) is 14.5 Å². The monoisotopic (exact) mass is 521 g/mol. The molecular formula is C28H51N5O4. The molecule has 212 valence electrons. The summed E-state index contributed by atoms with van der Waals surface area (Å²) in [6.07, 6.45) is 15.2. The molecule has 1 amide bonds. The lowest BCUT2D eigenvalue weighted by molar-refractivity contribution is -0.130. The molecule has 1 aromatic heterocycles. The predicted molar refractivity (Wildman–Crippen MR) is 151 cm³/mol. The maximum atomic E-state index is 12.2. The summed E-state index contributed by atoms with van der Waals surface area (Å²) in [5, 5.41) is 10.4. The summed E-state index contributed by atoms with van der Waals surface area (Å²) in [7, 11) is 3.58. The van der Waals surface area contributed by atoms with E-state index in [1.807, 2.05) is 16.8 Å². The topological polar surface area (TPSA) is 102 Å². The zero-order valence-electron chi connectivity index (χ0n) is 23.8. The number of fused-ring (bicyclic) bond motifs is 1. The Hall–Kier alpha value is -2.29. The first-order chi connectivity index (χ1) is 17.8. The van der Waals surface area contributed by atoms with Crippen molar-refractivity contribution < 1.29 is 9.90 Å². The number of unbranched alkanes of at least 4 members (excludes halogenated alkanes) is 11. The molecule has 0 radical (unpaired) electrons. The minimum atomic E-state index is -0.436. The van der Waals surface area contributed by atoms with Gasteiger partial charge < -0.3 is 19.8 Å². The minimum Gasteiger partial charge on any atom is -0.391 e. The van der Waals surface area contributed by atoms with E-state index in [9.17, 15) is 19.5 Å². The second kappa shape index (κ2) is 16.5. The Morgan fingerprint density at radius 1 is 0.946 bits per heavy atom. The molecule has 1 aromatic rings. The zero-order valence-corrected chi connectivity index (χ0v) is 23.8. The third kappa shape index (κ3) is 10.2. The number of aromatic nitrogens is 2. The second-order valence-electron chi connectivity index (χ2n) is 10.7. The van der Waals surface area contributed by atoms with E-state index < -0.39 is 6.10 Å². The highest BCUT2D eigenvalue weighted by atomic mass is 16.3. The van der Waals surface area contributed by atoms with E-state index in [1.54, 1.807) is 14.0 Å². The van der Waals surface area contributed by atoms with E-state index in [1.165, 1.54) is 36.7 Å². The minimum absolute atomic E-state index is 0.0608. The van der Waals surface area contributed by atoms with Crippen LogP contribution in [0.3, 0.4) is 0 Å². The summed E-state index contributed by atoms with van der Waals surface area (Å²) in [5.41, 5.74) is -0.126. The number of carbonyl (C=O) groups excluding carboxylic acids is 1. The lowest BCUT2D eigenvalue weighted by Gasteiger charge is -2.24. The van der Waals surface area contributed by atoms with Crippen LogP contribution in [0.15, 0.2) is 9.59 Å². The average molecular weight is 522 g/mol. The third-order valence-electron chi connectivity index (χ3n) is 7.46. The molecular weight excluding hydrogens is 470 g/mol. The van der Waals surface area contributed by atoms with Crippen molar-refractivity contribution in [2.75, 3.05) is 43.2 Å². The van der Waals surface area contributed by atoms with Crippen LogP contribution >= 0.6 is 0 Å². The first-order valence-corrected chi connectivity index (χ1v) is 14.5. The highest BCUT2D eigenvalue weighted by Crippen LogP contribution is 2.29. The molecule has 0 saturated heterocycles. The van der Waals surface area contributed by atoms with E-state index in [-0.39, 0.29) is 17.2 Å². The van der Waals surface area contributed by atoms with Crippen LogP contribution in [0, 0.1) is 0 Å². The number of aliphatic hydroxyl groups excluding tert-OH is 1. The Morgan fingerprint density at radius 2 is 1.54 bits per heavy atom. The van der Waals surface area contributed by atoms with E-state index in [0.29, 0.717) is 24.7 Å². The Labute approximate surface area is 222 Å². The number of rotatable bonds is 19. The SMILES string of the molecule is CCCCCCCCN(CC(O)CCCCCCCCCN1CN(C)c2c1n(C)c(=O)[nH]c2=O)C(C)=O. The van der Waals surface area contributed by atoms with Crippen LogP contribution in [-0.2, 0) is 11.8 Å². The molecule has 1 aliphatic heterocycles. The zero-order chi connectivity index (χ0) is 27.2. The van der Waals surface area contributed by atoms with Gasteiger partial charge in [-0.3, -0.25) is 19.1 Å². The number of amides is 1. The molecule has 0 aromatic carbocycles. The summed E-state index contributed by atoms with van der Waals surface area (Å²) in [4.78, 5) is 44.3. The Bertz CT molecular complexity index is 928. The molecule has 2 rings (SSSR count). The summed E-state index contributed by atoms with van der Waals surface area (Å²) in [6, 6.07) is 0. The summed E-state index contributed by atoms with van der Waals surface area (Å²) >= 11 is 0. The molecule has 0 spiro atoms. The van der Waals surface area contributed by atoms with Gasteiger partial charge in [0.15, 0.2) is 0 Å². The van der Waals surface area contributed by atoms with E-state index in [2.05, 4.69) is 16.8 Å². The molecule has 1 aliphatic rings. The molecule has 0 fully saturated rings. The van der Waals surface area contributed by atoms with E-state index >= 15 is 0 Å². The van der Waals surface area contributed by atoms with Gasteiger partial charge in [0.2, 0.25) is 5.91 Å². The fourth-order valence-corrected chi connectivity index (χ4v) is 5.25. The van der Waals surface area contributed by atoms with Gasteiger partial charge in [-0.25, -0.2) is 4.79 Å². The lowest BCUT2D eigenvalue weighted by Crippen LogP contribution is -2.36. The number of nitrogens with zero attached hydrogens (tertiary/aromatic N) is 4. The maximum Gasteiger partial charge on any atom is 0.329 e. The number of H-pyrrole nitrogens is 1. The molecule has 0 bridgehead atoms. The van der Waals surface area contributed by atoms with Gasteiger partial charge in [0.25, 0.3) is 5.56 Å². The maximum absolute atomic E-state index is 12.2. The molecule has 9 heteroatoms. The van der Waals surface area contributed by atoms with Gasteiger partial charge in [0, 0.05) is 40.7 Å². The van der Waals surface area contributed by atoms with Gasteiger partial charge in [-0.1, -0.05) is 77.6 Å². The number of anilines is 2.